The Balaban J connectivity index is 1.37. The molecule has 14 nitrogen and oxygen atoms in total. The summed E-state index contributed by atoms with van der Waals surface area (Å²) < 4.78 is 55.5. The van der Waals surface area contributed by atoms with Crippen LogP contribution in [0.4, 0.5) is 5.69 Å². The number of carbonyl (C=O) groups is 1. The van der Waals surface area contributed by atoms with Crippen molar-refractivity contribution in [2.75, 3.05) is 124 Å². The number of anilines is 1. The first-order chi connectivity index (χ1) is 28.1. The van der Waals surface area contributed by atoms with Crippen LogP contribution in [0, 0.1) is 0 Å². The summed E-state index contributed by atoms with van der Waals surface area (Å²) in [6, 6.07) is 18.5. The van der Waals surface area contributed by atoms with Crippen LogP contribution in [0.25, 0.3) is 33.4 Å². The van der Waals surface area contributed by atoms with Gasteiger partial charge in [-0.15, -0.1) is 0 Å². The Bertz CT molecular complexity index is 1840. The first kappa shape index (κ1) is 42.3. The van der Waals surface area contributed by atoms with E-state index in [-0.39, 0.29) is 51.7 Å². The zero-order valence-corrected chi connectivity index (χ0v) is 33.0. The van der Waals surface area contributed by atoms with Gasteiger partial charge in [-0.25, -0.2) is 4.58 Å². The maximum Gasteiger partial charge on any atom is 0.305 e. The summed E-state index contributed by atoms with van der Waals surface area (Å²) in [6.45, 7) is 9.52. The number of benzene rings is 3. The molecule has 0 bridgehead atoms. The predicted molar refractivity (Wildman–Crippen MR) is 214 cm³/mol. The van der Waals surface area contributed by atoms with Crippen molar-refractivity contribution in [1.29, 1.82) is 0 Å². The van der Waals surface area contributed by atoms with Gasteiger partial charge in [-0.1, -0.05) is 13.0 Å². The highest BCUT2D eigenvalue weighted by Gasteiger charge is 2.27. The van der Waals surface area contributed by atoms with E-state index in [2.05, 4.69) is 45.9 Å². The Labute approximate surface area is 333 Å². The highest BCUT2D eigenvalue weighted by molar-refractivity contribution is 6.05. The minimum Gasteiger partial charge on any atom is -0.490 e. The van der Waals surface area contributed by atoms with Crippen LogP contribution in [-0.4, -0.2) is 141 Å². The fourth-order valence-electron chi connectivity index (χ4n) is 7.05. The highest BCUT2D eigenvalue weighted by atomic mass is 16.6. The number of aliphatic hydroxyl groups is 2. The van der Waals surface area contributed by atoms with Gasteiger partial charge in [0, 0.05) is 66.7 Å². The molecule has 0 radical (unpaired) electrons. The number of morpholine rings is 1. The molecule has 2 N–H and O–H groups in total. The molecule has 2 fully saturated rings. The molecule has 0 unspecified atom stereocenters. The highest BCUT2D eigenvalue weighted by Crippen LogP contribution is 2.48. The van der Waals surface area contributed by atoms with Crippen LogP contribution < -0.4 is 24.3 Å². The average Bonchev–Trinajstić information content (AvgIpc) is 3.25. The van der Waals surface area contributed by atoms with Crippen molar-refractivity contribution in [3.63, 3.8) is 0 Å². The minimum absolute atomic E-state index is 0.0299. The maximum atomic E-state index is 12.0. The standard InChI is InChI=1S/C43H57N2O12/c1-2-41(48)56-34-10-12-44(13-11-34)32-6-8-35-39(30-32)57-40-31-33(45-14-18-49-19-15-45)7-9-36(40)42(35)43-37(54-28-26-52-24-22-50-20-16-46)4-3-5-38(43)55-29-27-53-25-23-51-21-17-47/h3-9,30-31,34,46-47H,2,10-29H2,1H3/q+1. The molecule has 0 atom stereocenters. The van der Waals surface area contributed by atoms with Crippen molar-refractivity contribution < 1.29 is 57.3 Å². The zero-order chi connectivity index (χ0) is 39.7. The van der Waals surface area contributed by atoms with Gasteiger partial charge in [-0.05, 0) is 30.3 Å². The first-order valence-corrected chi connectivity index (χ1v) is 20.1. The molecular weight excluding hydrogens is 736 g/mol. The monoisotopic (exact) mass is 793 g/mol. The summed E-state index contributed by atoms with van der Waals surface area (Å²) in [7, 11) is 0. The Hall–Kier alpha value is -4.28. The lowest BCUT2D eigenvalue weighted by atomic mass is 9.92. The van der Waals surface area contributed by atoms with Crippen LogP contribution in [0.5, 0.6) is 11.5 Å². The Morgan fingerprint density at radius 1 is 0.754 bits per heavy atom. The molecular formula is C43H57N2O12+. The van der Waals surface area contributed by atoms with Crippen molar-refractivity contribution in [3.8, 4) is 33.9 Å². The van der Waals surface area contributed by atoms with Crippen LogP contribution in [0.15, 0.2) is 59.0 Å². The zero-order valence-electron chi connectivity index (χ0n) is 33.0. The van der Waals surface area contributed by atoms with Gasteiger partial charge < -0.3 is 57.4 Å². The molecule has 3 heterocycles. The second-order valence-electron chi connectivity index (χ2n) is 13.7. The van der Waals surface area contributed by atoms with Crippen molar-refractivity contribution in [2.45, 2.75) is 32.3 Å². The number of aliphatic hydroxyl groups excluding tert-OH is 2. The van der Waals surface area contributed by atoms with Crippen LogP contribution in [0.1, 0.15) is 26.2 Å². The van der Waals surface area contributed by atoms with Crippen LogP contribution in [-0.2, 0) is 33.2 Å². The molecule has 3 aliphatic heterocycles. The SMILES string of the molecule is CCC(=O)OC1CC[N+](=c2ccc3c(-c4c(OCCOCCOCCO)cccc4OCCOCCOCCO)c4ccc(N5CCOCC5)cc4oc-3c2)CC1. The van der Waals surface area contributed by atoms with Gasteiger partial charge in [0.2, 0.25) is 5.36 Å². The van der Waals surface area contributed by atoms with E-state index < -0.39 is 0 Å². The quantitative estimate of drug-likeness (QED) is 0.0516. The molecule has 0 amide bonds. The third kappa shape index (κ3) is 11.9. The number of piperidine rings is 1. The fraction of sp³-hybridized carbons (Fsp3) is 0.535. The lowest BCUT2D eigenvalue weighted by Crippen LogP contribution is -2.40. The van der Waals surface area contributed by atoms with Crippen molar-refractivity contribution >= 4 is 22.6 Å². The van der Waals surface area contributed by atoms with Gasteiger partial charge in [0.25, 0.3) is 0 Å². The third-order valence-corrected chi connectivity index (χ3v) is 9.88. The van der Waals surface area contributed by atoms with E-state index in [1.54, 1.807) is 0 Å². The molecule has 0 saturated carbocycles. The number of fused-ring (bicyclic) bond motifs is 2. The molecule has 0 spiro atoms. The van der Waals surface area contributed by atoms with Gasteiger partial charge in [0.1, 0.15) is 55.2 Å². The Morgan fingerprint density at radius 2 is 1.37 bits per heavy atom. The van der Waals surface area contributed by atoms with Gasteiger partial charge >= 0.3 is 5.97 Å². The number of esters is 1. The van der Waals surface area contributed by atoms with Crippen LogP contribution in [0.3, 0.4) is 0 Å². The Morgan fingerprint density at radius 3 is 1.98 bits per heavy atom. The molecule has 2 saturated heterocycles. The predicted octanol–water partition coefficient (Wildman–Crippen LogP) is 3.74. The average molecular weight is 794 g/mol. The number of nitrogens with zero attached hydrogens (tertiary/aromatic N) is 2. The second-order valence-corrected chi connectivity index (χ2v) is 13.7. The summed E-state index contributed by atoms with van der Waals surface area (Å²) in [4.78, 5) is 14.3. The molecule has 57 heavy (non-hydrogen) atoms. The van der Waals surface area contributed by atoms with Crippen molar-refractivity contribution in [3.05, 3.63) is 60.0 Å². The van der Waals surface area contributed by atoms with E-state index in [9.17, 15) is 4.79 Å². The number of hydrogen-bond donors (Lipinski definition) is 2. The number of hydrogen-bond acceptors (Lipinski definition) is 13. The summed E-state index contributed by atoms with van der Waals surface area (Å²) in [5, 5.41) is 19.9. The summed E-state index contributed by atoms with van der Waals surface area (Å²) in [5.74, 6) is 1.82. The van der Waals surface area contributed by atoms with E-state index >= 15 is 0 Å². The van der Waals surface area contributed by atoms with E-state index in [0.29, 0.717) is 76.5 Å². The molecule has 14 heteroatoms. The number of carbonyl (C=O) groups excluding carboxylic acids is 1. The molecule has 6 rings (SSSR count). The van der Waals surface area contributed by atoms with E-state index in [0.717, 1.165) is 77.7 Å². The normalized spacial score (nSPS) is 16.0. The number of ether oxygens (including phenoxy) is 8. The molecule has 2 aromatic rings. The first-order valence-electron chi connectivity index (χ1n) is 20.1. The summed E-state index contributed by atoms with van der Waals surface area (Å²) in [6.07, 6.45) is 1.83. The topological polar surface area (TPSA) is 151 Å². The third-order valence-electron chi connectivity index (χ3n) is 9.88. The molecule has 310 valence electrons. The Kier molecular flexibility index (Phi) is 16.8. The fourth-order valence-corrected chi connectivity index (χ4v) is 7.05. The van der Waals surface area contributed by atoms with E-state index in [1.165, 1.54) is 0 Å². The van der Waals surface area contributed by atoms with E-state index in [1.807, 2.05) is 25.1 Å². The van der Waals surface area contributed by atoms with E-state index in [4.69, 9.17) is 52.5 Å². The van der Waals surface area contributed by atoms with Crippen molar-refractivity contribution in [1.82, 2.24) is 4.58 Å². The molecule has 0 aromatic heterocycles. The van der Waals surface area contributed by atoms with Crippen LogP contribution in [0.2, 0.25) is 0 Å². The van der Waals surface area contributed by atoms with Gasteiger partial charge in [0.05, 0.1) is 90.9 Å². The van der Waals surface area contributed by atoms with Crippen LogP contribution >= 0.6 is 0 Å². The smallest absolute Gasteiger partial charge is 0.305 e. The molecule has 2 aromatic carbocycles. The summed E-state index contributed by atoms with van der Waals surface area (Å²) >= 11 is 0. The van der Waals surface area contributed by atoms with Crippen molar-refractivity contribution in [2.24, 2.45) is 0 Å². The van der Waals surface area contributed by atoms with Gasteiger partial charge in [-0.3, -0.25) is 4.79 Å². The largest absolute Gasteiger partial charge is 0.490 e. The lowest BCUT2D eigenvalue weighted by Gasteiger charge is -2.29. The lowest BCUT2D eigenvalue weighted by molar-refractivity contribution is -0.149. The summed E-state index contributed by atoms with van der Waals surface area (Å²) in [5.41, 5.74) is 4.38. The van der Waals surface area contributed by atoms with Gasteiger partial charge in [-0.2, -0.15) is 0 Å². The second kappa shape index (κ2) is 22.6. The van der Waals surface area contributed by atoms with Gasteiger partial charge in [0.15, 0.2) is 0 Å². The number of rotatable bonds is 22. The maximum absolute atomic E-state index is 12.0. The molecule has 1 aliphatic carbocycles. The molecule has 4 aliphatic rings. The minimum atomic E-state index is -0.158.